The average molecular weight is 270 g/mol. The van der Waals surface area contributed by atoms with E-state index < -0.39 is 0 Å². The molecule has 104 valence electrons. The van der Waals surface area contributed by atoms with E-state index in [1.54, 1.807) is 17.1 Å². The van der Waals surface area contributed by atoms with E-state index >= 15 is 0 Å². The summed E-state index contributed by atoms with van der Waals surface area (Å²) in [5.41, 5.74) is 1.54. The van der Waals surface area contributed by atoms with Crippen LogP contribution in [0.2, 0.25) is 0 Å². The van der Waals surface area contributed by atoms with Crippen molar-refractivity contribution in [1.29, 1.82) is 0 Å². The van der Waals surface area contributed by atoms with E-state index in [9.17, 15) is 4.79 Å². The zero-order valence-corrected chi connectivity index (χ0v) is 11.5. The van der Waals surface area contributed by atoms with Gasteiger partial charge in [0, 0.05) is 6.20 Å². The summed E-state index contributed by atoms with van der Waals surface area (Å²) in [5.74, 6) is 0. The van der Waals surface area contributed by atoms with Crippen molar-refractivity contribution in [2.75, 3.05) is 0 Å². The van der Waals surface area contributed by atoms with Crippen LogP contribution in [0.3, 0.4) is 0 Å². The lowest BCUT2D eigenvalue weighted by Gasteiger charge is -2.13. The van der Waals surface area contributed by atoms with E-state index in [0.29, 0.717) is 18.2 Å². The van der Waals surface area contributed by atoms with Crippen LogP contribution in [0.15, 0.2) is 47.7 Å². The first kappa shape index (κ1) is 13.1. The second-order valence-corrected chi connectivity index (χ2v) is 5.28. The third kappa shape index (κ3) is 2.65. The molecule has 20 heavy (non-hydrogen) atoms. The molecule has 0 N–H and O–H groups in total. The van der Waals surface area contributed by atoms with Crippen LogP contribution >= 0.6 is 0 Å². The van der Waals surface area contributed by atoms with Gasteiger partial charge in [-0.15, -0.1) is 0 Å². The molecule has 4 heteroatoms. The van der Waals surface area contributed by atoms with E-state index in [1.807, 2.05) is 30.3 Å². The van der Waals surface area contributed by atoms with Crippen LogP contribution in [0.4, 0.5) is 0 Å². The van der Waals surface area contributed by atoms with Crippen LogP contribution in [-0.2, 0) is 11.3 Å². The van der Waals surface area contributed by atoms with Crippen molar-refractivity contribution in [3.63, 3.8) is 0 Å². The Kier molecular flexibility index (Phi) is 3.65. The number of nitrogens with zero attached hydrogens (tertiary/aromatic N) is 2. The normalized spacial score (nSPS) is 22.1. The highest BCUT2D eigenvalue weighted by molar-refractivity contribution is 5.60. The molecule has 1 aliphatic rings. The van der Waals surface area contributed by atoms with Crippen LogP contribution in [0.5, 0.6) is 0 Å². The number of benzene rings is 1. The third-order valence-electron chi connectivity index (χ3n) is 3.71. The number of rotatable bonds is 3. The molecule has 1 saturated heterocycles. The Morgan fingerprint density at radius 2 is 2.10 bits per heavy atom. The van der Waals surface area contributed by atoms with Crippen molar-refractivity contribution >= 4 is 0 Å². The molecule has 2 heterocycles. The molecule has 1 fully saturated rings. The van der Waals surface area contributed by atoms with Gasteiger partial charge in [0.1, 0.15) is 0 Å². The molecule has 0 bridgehead atoms. The smallest absolute Gasteiger partial charge is 0.261 e. The molecule has 0 radical (unpaired) electrons. The zero-order chi connectivity index (χ0) is 13.9. The highest BCUT2D eigenvalue weighted by Gasteiger charge is 2.22. The lowest BCUT2D eigenvalue weighted by Crippen LogP contribution is -2.27. The summed E-state index contributed by atoms with van der Waals surface area (Å²) in [6.07, 6.45) is 5.71. The first-order chi connectivity index (χ1) is 9.74. The maximum atomic E-state index is 12.5. The molecule has 1 aromatic carbocycles. The molecule has 2 aromatic rings. The first-order valence-electron chi connectivity index (χ1n) is 6.99. The van der Waals surface area contributed by atoms with Gasteiger partial charge in [-0.05, 0) is 25.3 Å². The monoisotopic (exact) mass is 270 g/mol. The minimum atomic E-state index is -0.00523. The second-order valence-electron chi connectivity index (χ2n) is 5.28. The van der Waals surface area contributed by atoms with Crippen LogP contribution in [0.25, 0.3) is 11.1 Å². The zero-order valence-electron chi connectivity index (χ0n) is 11.5. The van der Waals surface area contributed by atoms with Crippen molar-refractivity contribution in [3.8, 4) is 11.1 Å². The van der Waals surface area contributed by atoms with Gasteiger partial charge in [0.05, 0.1) is 30.6 Å². The van der Waals surface area contributed by atoms with Gasteiger partial charge in [0.15, 0.2) is 0 Å². The summed E-state index contributed by atoms with van der Waals surface area (Å²) in [6.45, 7) is 2.65. The minimum absolute atomic E-state index is 0.00523. The van der Waals surface area contributed by atoms with Crippen molar-refractivity contribution in [2.45, 2.75) is 38.5 Å². The fourth-order valence-electron chi connectivity index (χ4n) is 2.64. The van der Waals surface area contributed by atoms with Gasteiger partial charge in [0.25, 0.3) is 5.56 Å². The predicted molar refractivity (Wildman–Crippen MR) is 77.5 cm³/mol. The summed E-state index contributed by atoms with van der Waals surface area (Å²) >= 11 is 0. The highest BCUT2D eigenvalue weighted by Crippen LogP contribution is 2.20. The van der Waals surface area contributed by atoms with Gasteiger partial charge < -0.3 is 4.74 Å². The maximum absolute atomic E-state index is 12.5. The predicted octanol–water partition coefficient (Wildman–Crippen LogP) is 2.48. The van der Waals surface area contributed by atoms with Gasteiger partial charge in [0.2, 0.25) is 0 Å². The van der Waals surface area contributed by atoms with E-state index in [0.717, 1.165) is 18.4 Å². The fraction of sp³-hybridized carbons (Fsp3) is 0.375. The molecule has 2 atom stereocenters. The van der Waals surface area contributed by atoms with Gasteiger partial charge >= 0.3 is 0 Å². The molecule has 0 saturated carbocycles. The lowest BCUT2D eigenvalue weighted by molar-refractivity contribution is 0.0450. The first-order valence-corrected chi connectivity index (χ1v) is 6.99. The topological polar surface area (TPSA) is 44.1 Å². The molecule has 0 amide bonds. The quantitative estimate of drug-likeness (QED) is 0.860. The summed E-state index contributed by atoms with van der Waals surface area (Å²) in [7, 11) is 0. The van der Waals surface area contributed by atoms with Crippen molar-refractivity contribution < 1.29 is 4.74 Å². The van der Waals surface area contributed by atoms with Crippen LogP contribution in [-0.4, -0.2) is 21.8 Å². The van der Waals surface area contributed by atoms with Gasteiger partial charge in [-0.2, -0.15) is 0 Å². The standard InChI is InChI=1S/C16H18N2O2/c1-12-7-8-14(20-12)10-18-11-17-9-15(16(18)19)13-5-3-2-4-6-13/h2-6,9,11-12,14H,7-8,10H2,1H3. The summed E-state index contributed by atoms with van der Waals surface area (Å²) in [5, 5.41) is 0. The molecule has 1 aromatic heterocycles. The summed E-state index contributed by atoms with van der Waals surface area (Å²) in [4.78, 5) is 16.7. The SMILES string of the molecule is CC1CCC(Cn2cncc(-c3ccccc3)c2=O)O1. The molecular formula is C16H18N2O2. The number of aromatic nitrogens is 2. The van der Waals surface area contributed by atoms with E-state index in [-0.39, 0.29) is 11.7 Å². The van der Waals surface area contributed by atoms with Crippen LogP contribution < -0.4 is 5.56 Å². The molecule has 1 aliphatic heterocycles. The van der Waals surface area contributed by atoms with Crippen LogP contribution in [0, 0.1) is 0 Å². The molecule has 0 spiro atoms. The summed E-state index contributed by atoms with van der Waals surface area (Å²) in [6, 6.07) is 9.64. The Balaban J connectivity index is 1.88. The molecule has 2 unspecified atom stereocenters. The molecule has 4 nitrogen and oxygen atoms in total. The highest BCUT2D eigenvalue weighted by atomic mass is 16.5. The van der Waals surface area contributed by atoms with Crippen molar-refractivity contribution in [3.05, 3.63) is 53.2 Å². The Morgan fingerprint density at radius 3 is 2.80 bits per heavy atom. The number of ether oxygens (including phenoxy) is 1. The van der Waals surface area contributed by atoms with E-state index in [1.165, 1.54) is 0 Å². The van der Waals surface area contributed by atoms with Crippen molar-refractivity contribution in [2.24, 2.45) is 0 Å². The second kappa shape index (κ2) is 5.59. The van der Waals surface area contributed by atoms with Gasteiger partial charge in [-0.25, -0.2) is 4.98 Å². The maximum Gasteiger partial charge on any atom is 0.261 e. The molecular weight excluding hydrogens is 252 g/mol. The number of hydrogen-bond acceptors (Lipinski definition) is 3. The Morgan fingerprint density at radius 1 is 1.30 bits per heavy atom. The minimum Gasteiger partial charge on any atom is -0.373 e. The van der Waals surface area contributed by atoms with Crippen molar-refractivity contribution in [1.82, 2.24) is 9.55 Å². The number of hydrogen-bond donors (Lipinski definition) is 0. The van der Waals surface area contributed by atoms with Crippen LogP contribution in [0.1, 0.15) is 19.8 Å². The van der Waals surface area contributed by atoms with E-state index in [2.05, 4.69) is 11.9 Å². The Bertz CT molecular complexity index is 636. The summed E-state index contributed by atoms with van der Waals surface area (Å²) < 4.78 is 7.44. The largest absolute Gasteiger partial charge is 0.373 e. The molecule has 3 rings (SSSR count). The molecule has 0 aliphatic carbocycles. The third-order valence-corrected chi connectivity index (χ3v) is 3.71. The van der Waals surface area contributed by atoms with Gasteiger partial charge in [-0.3, -0.25) is 9.36 Å². The Labute approximate surface area is 118 Å². The van der Waals surface area contributed by atoms with Gasteiger partial charge in [-0.1, -0.05) is 30.3 Å². The average Bonchev–Trinajstić information content (AvgIpc) is 2.87. The lowest BCUT2D eigenvalue weighted by atomic mass is 10.1. The van der Waals surface area contributed by atoms with E-state index in [4.69, 9.17) is 4.74 Å². The fourth-order valence-corrected chi connectivity index (χ4v) is 2.64. The Hall–Kier alpha value is -1.94.